The number of nitrogens with one attached hydrogen (secondary N) is 1. The Morgan fingerprint density at radius 2 is 1.68 bits per heavy atom. The van der Waals surface area contributed by atoms with E-state index >= 15 is 0 Å². The summed E-state index contributed by atoms with van der Waals surface area (Å²) in [6.07, 6.45) is 0.695. The number of nitrogens with zero attached hydrogens (tertiary/aromatic N) is 3. The molecule has 34 heavy (non-hydrogen) atoms. The van der Waals surface area contributed by atoms with Gasteiger partial charge < -0.3 is 5.32 Å². The largest absolute Gasteiger partial charge is 0.325 e. The SMILES string of the molecule is O=C(C[C@@H]1SC(N2N=C(c3ccccc3)C[C@@H]2c2ccccc2)=NC1=O)Nc1ccccc1Cl. The number of anilines is 1. The molecule has 0 saturated carbocycles. The van der Waals surface area contributed by atoms with E-state index in [2.05, 4.69) is 22.4 Å². The summed E-state index contributed by atoms with van der Waals surface area (Å²) in [7, 11) is 0. The molecular formula is C26H21ClN4O2S. The number of carbonyl (C=O) groups is 2. The second kappa shape index (κ2) is 9.83. The number of halogens is 1. The van der Waals surface area contributed by atoms with Crippen LogP contribution in [-0.4, -0.2) is 33.0 Å². The van der Waals surface area contributed by atoms with Gasteiger partial charge in [0.2, 0.25) is 5.91 Å². The molecule has 5 rings (SSSR count). The number of amides is 2. The van der Waals surface area contributed by atoms with Crippen molar-refractivity contribution in [1.82, 2.24) is 5.01 Å². The molecule has 0 aromatic heterocycles. The molecule has 1 N–H and O–H groups in total. The maximum absolute atomic E-state index is 12.7. The van der Waals surface area contributed by atoms with Gasteiger partial charge in [-0.05, 0) is 23.3 Å². The minimum atomic E-state index is -0.607. The Balaban J connectivity index is 1.34. The number of aliphatic imine (C=N–C) groups is 1. The Hall–Kier alpha value is -3.42. The lowest BCUT2D eigenvalue weighted by Crippen LogP contribution is -2.25. The van der Waals surface area contributed by atoms with Crippen LogP contribution in [0.3, 0.4) is 0 Å². The van der Waals surface area contributed by atoms with Crippen LogP contribution in [0.2, 0.25) is 5.02 Å². The summed E-state index contributed by atoms with van der Waals surface area (Å²) in [6, 6.07) is 27.0. The Morgan fingerprint density at radius 1 is 1.00 bits per heavy atom. The number of amidine groups is 1. The van der Waals surface area contributed by atoms with Crippen LogP contribution in [0, 0.1) is 0 Å². The van der Waals surface area contributed by atoms with Crippen molar-refractivity contribution in [2.45, 2.75) is 24.1 Å². The fraction of sp³-hybridized carbons (Fsp3) is 0.154. The third-order valence-corrected chi connectivity index (χ3v) is 7.12. The fourth-order valence-electron chi connectivity index (χ4n) is 3.96. The summed E-state index contributed by atoms with van der Waals surface area (Å²) >= 11 is 7.41. The van der Waals surface area contributed by atoms with Gasteiger partial charge in [-0.3, -0.25) is 9.59 Å². The molecule has 3 aromatic carbocycles. The average Bonchev–Trinajstić information content (AvgIpc) is 3.46. The minimum absolute atomic E-state index is 0.000817. The molecule has 0 saturated heterocycles. The second-order valence-electron chi connectivity index (χ2n) is 7.96. The van der Waals surface area contributed by atoms with E-state index in [0.717, 1.165) is 16.8 Å². The highest BCUT2D eigenvalue weighted by Crippen LogP contribution is 2.38. The van der Waals surface area contributed by atoms with E-state index in [1.165, 1.54) is 11.8 Å². The Labute approximate surface area is 206 Å². The van der Waals surface area contributed by atoms with Gasteiger partial charge in [0.25, 0.3) is 5.91 Å². The van der Waals surface area contributed by atoms with Gasteiger partial charge in [0.05, 0.1) is 22.5 Å². The number of rotatable bonds is 5. The molecule has 0 unspecified atom stereocenters. The average molecular weight is 489 g/mol. The second-order valence-corrected chi connectivity index (χ2v) is 9.54. The first-order valence-electron chi connectivity index (χ1n) is 10.9. The van der Waals surface area contributed by atoms with Crippen molar-refractivity contribution in [3.63, 3.8) is 0 Å². The van der Waals surface area contributed by atoms with Crippen LogP contribution in [0.1, 0.15) is 30.0 Å². The highest BCUT2D eigenvalue weighted by molar-refractivity contribution is 8.15. The van der Waals surface area contributed by atoms with Crippen molar-refractivity contribution in [3.8, 4) is 0 Å². The lowest BCUT2D eigenvalue weighted by atomic mass is 9.99. The smallest absolute Gasteiger partial charge is 0.262 e. The predicted octanol–water partition coefficient (Wildman–Crippen LogP) is 5.52. The van der Waals surface area contributed by atoms with Crippen molar-refractivity contribution < 1.29 is 9.59 Å². The van der Waals surface area contributed by atoms with E-state index < -0.39 is 5.25 Å². The van der Waals surface area contributed by atoms with Crippen LogP contribution in [0.15, 0.2) is 95.0 Å². The molecule has 2 aliphatic heterocycles. The first kappa shape index (κ1) is 22.4. The van der Waals surface area contributed by atoms with Gasteiger partial charge in [0.15, 0.2) is 5.17 Å². The van der Waals surface area contributed by atoms with Crippen molar-refractivity contribution >= 4 is 51.7 Å². The Bertz CT molecular complexity index is 1280. The zero-order valence-corrected chi connectivity index (χ0v) is 19.7. The van der Waals surface area contributed by atoms with Gasteiger partial charge in [-0.25, -0.2) is 5.01 Å². The molecule has 0 aliphatic carbocycles. The molecule has 2 aliphatic rings. The highest BCUT2D eigenvalue weighted by Gasteiger charge is 2.39. The highest BCUT2D eigenvalue weighted by atomic mass is 35.5. The number of carbonyl (C=O) groups excluding carboxylic acids is 2. The van der Waals surface area contributed by atoms with Crippen LogP contribution < -0.4 is 5.32 Å². The number of hydrazone groups is 1. The van der Waals surface area contributed by atoms with Gasteiger partial charge >= 0.3 is 0 Å². The molecule has 0 radical (unpaired) electrons. The zero-order chi connectivity index (χ0) is 23.5. The Kier molecular flexibility index (Phi) is 6.47. The molecule has 0 bridgehead atoms. The number of thioether (sulfide) groups is 1. The van der Waals surface area contributed by atoms with Crippen LogP contribution in [-0.2, 0) is 9.59 Å². The van der Waals surface area contributed by atoms with Crippen molar-refractivity contribution in [2.24, 2.45) is 10.1 Å². The molecule has 0 fully saturated rings. The lowest BCUT2D eigenvalue weighted by Gasteiger charge is -2.23. The molecule has 3 aromatic rings. The lowest BCUT2D eigenvalue weighted by molar-refractivity contribution is -0.121. The van der Waals surface area contributed by atoms with Crippen molar-refractivity contribution in [3.05, 3.63) is 101 Å². The summed E-state index contributed by atoms with van der Waals surface area (Å²) in [6.45, 7) is 0. The molecule has 8 heteroatoms. The topological polar surface area (TPSA) is 74.1 Å². The first-order valence-corrected chi connectivity index (χ1v) is 12.1. The summed E-state index contributed by atoms with van der Waals surface area (Å²) < 4.78 is 0. The first-order chi connectivity index (χ1) is 16.6. The van der Waals surface area contributed by atoms with E-state index in [9.17, 15) is 9.59 Å². The number of hydrogen-bond donors (Lipinski definition) is 1. The number of para-hydroxylation sites is 1. The van der Waals surface area contributed by atoms with Crippen molar-refractivity contribution in [1.29, 1.82) is 0 Å². The standard InChI is InChI=1S/C26H21ClN4O2S/c27-19-13-7-8-14-20(19)28-24(32)16-23-25(33)29-26(34-23)31-22(18-11-5-2-6-12-18)15-21(30-31)17-9-3-1-4-10-17/h1-14,22-23H,15-16H2,(H,28,32)/t22-,23+/m1/s1. The van der Waals surface area contributed by atoms with Gasteiger partial charge in [-0.2, -0.15) is 10.1 Å². The monoisotopic (exact) mass is 488 g/mol. The molecule has 170 valence electrons. The predicted molar refractivity (Wildman–Crippen MR) is 137 cm³/mol. The van der Waals surface area contributed by atoms with Gasteiger partial charge in [-0.1, -0.05) is 96.2 Å². The van der Waals surface area contributed by atoms with Crippen LogP contribution >= 0.6 is 23.4 Å². The molecule has 0 spiro atoms. The van der Waals surface area contributed by atoms with Gasteiger partial charge in [0, 0.05) is 12.8 Å². The number of hydrogen-bond acceptors (Lipinski definition) is 5. The van der Waals surface area contributed by atoms with Crippen LogP contribution in [0.5, 0.6) is 0 Å². The van der Waals surface area contributed by atoms with E-state index in [0.29, 0.717) is 22.3 Å². The summed E-state index contributed by atoms with van der Waals surface area (Å²) in [5.74, 6) is -0.616. The van der Waals surface area contributed by atoms with Crippen LogP contribution in [0.4, 0.5) is 5.69 Å². The van der Waals surface area contributed by atoms with Crippen molar-refractivity contribution in [2.75, 3.05) is 5.32 Å². The molecule has 6 nitrogen and oxygen atoms in total. The number of benzene rings is 3. The minimum Gasteiger partial charge on any atom is -0.325 e. The van der Waals surface area contributed by atoms with E-state index in [-0.39, 0.29) is 24.3 Å². The third kappa shape index (κ3) is 4.76. The van der Waals surface area contributed by atoms with E-state index in [1.54, 1.807) is 24.3 Å². The summed E-state index contributed by atoms with van der Waals surface area (Å²) in [5, 5.41) is 9.81. The maximum Gasteiger partial charge on any atom is 0.262 e. The molecular weight excluding hydrogens is 468 g/mol. The fourth-order valence-corrected chi connectivity index (χ4v) is 5.21. The summed E-state index contributed by atoms with van der Waals surface area (Å²) in [4.78, 5) is 29.6. The Morgan fingerprint density at radius 3 is 2.41 bits per heavy atom. The van der Waals surface area contributed by atoms with Gasteiger partial charge in [-0.15, -0.1) is 0 Å². The third-order valence-electron chi connectivity index (χ3n) is 5.65. The normalized spacial score (nSPS) is 19.7. The van der Waals surface area contributed by atoms with Crippen LogP contribution in [0.25, 0.3) is 0 Å². The van der Waals surface area contributed by atoms with Gasteiger partial charge in [0.1, 0.15) is 5.25 Å². The quantitative estimate of drug-likeness (QED) is 0.513. The molecule has 2 atom stereocenters. The molecule has 2 amide bonds. The van der Waals surface area contributed by atoms with E-state index in [1.807, 2.05) is 53.5 Å². The zero-order valence-electron chi connectivity index (χ0n) is 18.1. The van der Waals surface area contributed by atoms with E-state index in [4.69, 9.17) is 16.7 Å². The molecule has 2 heterocycles. The summed E-state index contributed by atoms with van der Waals surface area (Å²) in [5.41, 5.74) is 3.58. The maximum atomic E-state index is 12.7.